The largest absolute Gasteiger partial charge is 0.385 e. The first-order valence-corrected chi connectivity index (χ1v) is 9.86. The van der Waals surface area contributed by atoms with E-state index in [9.17, 15) is 9.90 Å². The van der Waals surface area contributed by atoms with Crippen LogP contribution < -0.4 is 5.32 Å². The number of hydrogen-bond acceptors (Lipinski definition) is 3. The summed E-state index contributed by atoms with van der Waals surface area (Å²) in [6.07, 6.45) is 13.3. The van der Waals surface area contributed by atoms with Gasteiger partial charge in [-0.05, 0) is 25.7 Å². The molecule has 1 aliphatic heterocycles. The van der Waals surface area contributed by atoms with Gasteiger partial charge in [-0.1, -0.05) is 32.1 Å². The highest BCUT2D eigenvalue weighted by atomic mass is 16.3. The van der Waals surface area contributed by atoms with E-state index in [1.165, 1.54) is 32.1 Å². The smallest absolute Gasteiger partial charge is 0.317 e. The number of aliphatic hydroxyl groups is 1. The van der Waals surface area contributed by atoms with Gasteiger partial charge in [-0.2, -0.15) is 0 Å². The molecule has 1 saturated heterocycles. The standard InChI is InChI=1S/C19H32N4O2/c1-22-13-11-20-18(22)17(24)15-8-7-12-23(14-15)19(25)21-16-9-5-3-2-4-6-10-16/h11,13,15-17,24H,2-10,12,14H2,1H3,(H,21,25). The number of carbonyl (C=O) groups excluding carboxylic acids is 1. The second-order valence-corrected chi connectivity index (χ2v) is 7.68. The Balaban J connectivity index is 1.55. The van der Waals surface area contributed by atoms with Gasteiger partial charge in [0.1, 0.15) is 11.9 Å². The van der Waals surface area contributed by atoms with E-state index in [0.717, 1.165) is 32.2 Å². The second-order valence-electron chi connectivity index (χ2n) is 7.68. The van der Waals surface area contributed by atoms with Crippen molar-refractivity contribution in [2.45, 2.75) is 69.9 Å². The van der Waals surface area contributed by atoms with E-state index in [0.29, 0.717) is 18.4 Å². The van der Waals surface area contributed by atoms with Crippen molar-refractivity contribution in [3.8, 4) is 0 Å². The highest BCUT2D eigenvalue weighted by Gasteiger charge is 2.31. The summed E-state index contributed by atoms with van der Waals surface area (Å²) in [5, 5.41) is 13.9. The Morgan fingerprint density at radius 3 is 2.60 bits per heavy atom. The molecule has 0 radical (unpaired) electrons. The van der Waals surface area contributed by atoms with Crippen LogP contribution in [-0.4, -0.2) is 44.7 Å². The van der Waals surface area contributed by atoms with Crippen LogP contribution >= 0.6 is 0 Å². The van der Waals surface area contributed by atoms with E-state index < -0.39 is 6.10 Å². The number of aryl methyl sites for hydroxylation is 1. The molecule has 6 heteroatoms. The fourth-order valence-electron chi connectivity index (χ4n) is 4.19. The van der Waals surface area contributed by atoms with Crippen LogP contribution in [0.25, 0.3) is 0 Å². The zero-order valence-corrected chi connectivity index (χ0v) is 15.4. The topological polar surface area (TPSA) is 70.4 Å². The molecule has 2 aliphatic rings. The fraction of sp³-hybridized carbons (Fsp3) is 0.789. The van der Waals surface area contributed by atoms with Crippen molar-refractivity contribution in [1.82, 2.24) is 19.8 Å². The normalized spacial score (nSPS) is 24.4. The molecule has 2 N–H and O–H groups in total. The van der Waals surface area contributed by atoms with Crippen LogP contribution in [0.4, 0.5) is 4.79 Å². The quantitative estimate of drug-likeness (QED) is 0.882. The molecule has 1 saturated carbocycles. The van der Waals surface area contributed by atoms with Crippen LogP contribution in [0.3, 0.4) is 0 Å². The summed E-state index contributed by atoms with van der Waals surface area (Å²) in [5.41, 5.74) is 0. The minimum Gasteiger partial charge on any atom is -0.385 e. The molecule has 0 spiro atoms. The third-order valence-electron chi connectivity index (χ3n) is 5.75. The van der Waals surface area contributed by atoms with E-state index >= 15 is 0 Å². The predicted octanol–water partition coefficient (Wildman–Crippen LogP) is 2.99. The Hall–Kier alpha value is -1.56. The lowest BCUT2D eigenvalue weighted by atomic mass is 9.92. The fourth-order valence-corrected chi connectivity index (χ4v) is 4.19. The lowest BCUT2D eigenvalue weighted by molar-refractivity contribution is 0.0526. The second kappa shape index (κ2) is 8.70. The summed E-state index contributed by atoms with van der Waals surface area (Å²) in [6, 6.07) is 0.356. The van der Waals surface area contributed by atoms with Crippen molar-refractivity contribution >= 4 is 6.03 Å². The van der Waals surface area contributed by atoms with Gasteiger partial charge in [0.2, 0.25) is 0 Å². The molecule has 25 heavy (non-hydrogen) atoms. The number of hydrogen-bond donors (Lipinski definition) is 2. The monoisotopic (exact) mass is 348 g/mol. The Morgan fingerprint density at radius 1 is 1.20 bits per heavy atom. The van der Waals surface area contributed by atoms with Crippen LogP contribution in [-0.2, 0) is 7.05 Å². The van der Waals surface area contributed by atoms with Gasteiger partial charge in [-0.25, -0.2) is 9.78 Å². The average Bonchev–Trinajstić information content (AvgIpc) is 3.02. The maximum atomic E-state index is 12.7. The van der Waals surface area contributed by atoms with Crippen LogP contribution in [0.5, 0.6) is 0 Å². The molecule has 6 nitrogen and oxygen atoms in total. The molecule has 2 amide bonds. The number of nitrogens with one attached hydrogen (secondary N) is 1. The molecule has 2 unspecified atom stereocenters. The van der Waals surface area contributed by atoms with E-state index in [-0.39, 0.29) is 11.9 Å². The number of piperidine rings is 1. The highest BCUT2D eigenvalue weighted by molar-refractivity contribution is 5.74. The average molecular weight is 348 g/mol. The summed E-state index contributed by atoms with van der Waals surface area (Å²) < 4.78 is 1.86. The van der Waals surface area contributed by atoms with E-state index in [2.05, 4.69) is 10.3 Å². The molecule has 2 fully saturated rings. The number of nitrogens with zero attached hydrogens (tertiary/aromatic N) is 3. The van der Waals surface area contributed by atoms with Gasteiger partial charge < -0.3 is 19.9 Å². The highest BCUT2D eigenvalue weighted by Crippen LogP contribution is 2.29. The third kappa shape index (κ3) is 4.75. The summed E-state index contributed by atoms with van der Waals surface area (Å²) in [6.45, 7) is 1.38. The number of likely N-dealkylation sites (tertiary alicyclic amines) is 1. The van der Waals surface area contributed by atoms with Gasteiger partial charge in [-0.15, -0.1) is 0 Å². The van der Waals surface area contributed by atoms with Gasteiger partial charge in [0.25, 0.3) is 0 Å². The Labute approximate surface area is 150 Å². The van der Waals surface area contributed by atoms with Gasteiger partial charge in [0.15, 0.2) is 0 Å². The first-order valence-electron chi connectivity index (χ1n) is 9.86. The molecule has 2 heterocycles. The van der Waals surface area contributed by atoms with Crippen molar-refractivity contribution < 1.29 is 9.90 Å². The summed E-state index contributed by atoms with van der Waals surface area (Å²) >= 11 is 0. The molecule has 0 aromatic carbocycles. The van der Waals surface area contributed by atoms with E-state index in [1.807, 2.05) is 22.7 Å². The zero-order chi connectivity index (χ0) is 17.6. The number of rotatable bonds is 3. The Bertz CT molecular complexity index is 551. The van der Waals surface area contributed by atoms with Crippen LogP contribution in [0.2, 0.25) is 0 Å². The van der Waals surface area contributed by atoms with Crippen molar-refractivity contribution in [2.75, 3.05) is 13.1 Å². The van der Waals surface area contributed by atoms with E-state index in [4.69, 9.17) is 0 Å². The van der Waals surface area contributed by atoms with Crippen LogP contribution in [0.1, 0.15) is 69.7 Å². The zero-order valence-electron chi connectivity index (χ0n) is 15.4. The lowest BCUT2D eigenvalue weighted by Gasteiger charge is -2.36. The summed E-state index contributed by atoms with van der Waals surface area (Å²) in [4.78, 5) is 18.9. The number of amides is 2. The number of imidazole rings is 1. The predicted molar refractivity (Wildman–Crippen MR) is 97.1 cm³/mol. The van der Waals surface area contributed by atoms with Crippen molar-refractivity contribution in [1.29, 1.82) is 0 Å². The molecular weight excluding hydrogens is 316 g/mol. The summed E-state index contributed by atoms with van der Waals surface area (Å²) in [7, 11) is 1.90. The molecular formula is C19H32N4O2. The third-order valence-corrected chi connectivity index (χ3v) is 5.75. The van der Waals surface area contributed by atoms with Gasteiger partial charge >= 0.3 is 6.03 Å². The Morgan fingerprint density at radius 2 is 1.92 bits per heavy atom. The summed E-state index contributed by atoms with van der Waals surface area (Å²) in [5.74, 6) is 0.741. The lowest BCUT2D eigenvalue weighted by Crippen LogP contribution is -2.49. The van der Waals surface area contributed by atoms with Crippen molar-refractivity contribution in [2.24, 2.45) is 13.0 Å². The van der Waals surface area contributed by atoms with Crippen molar-refractivity contribution in [3.63, 3.8) is 0 Å². The molecule has 140 valence electrons. The number of aromatic nitrogens is 2. The molecule has 3 rings (SSSR count). The molecule has 2 atom stereocenters. The molecule has 1 aromatic rings. The van der Waals surface area contributed by atoms with Gasteiger partial charge in [-0.3, -0.25) is 0 Å². The van der Waals surface area contributed by atoms with Crippen molar-refractivity contribution in [3.05, 3.63) is 18.2 Å². The molecule has 1 aromatic heterocycles. The number of carbonyl (C=O) groups is 1. The first-order chi connectivity index (χ1) is 12.1. The first kappa shape index (κ1) is 18.2. The maximum absolute atomic E-state index is 12.7. The number of urea groups is 1. The van der Waals surface area contributed by atoms with Gasteiger partial charge in [0.05, 0.1) is 0 Å². The van der Waals surface area contributed by atoms with Gasteiger partial charge in [0, 0.05) is 44.5 Å². The Kier molecular flexibility index (Phi) is 6.34. The molecule has 0 bridgehead atoms. The maximum Gasteiger partial charge on any atom is 0.317 e. The van der Waals surface area contributed by atoms with E-state index in [1.54, 1.807) is 6.20 Å². The SMILES string of the molecule is Cn1ccnc1C(O)C1CCCN(C(=O)NC2CCCCCCC2)C1. The minimum atomic E-state index is -0.614. The molecule has 1 aliphatic carbocycles. The van der Waals surface area contributed by atoms with Crippen LogP contribution in [0, 0.1) is 5.92 Å². The van der Waals surface area contributed by atoms with Crippen LogP contribution in [0.15, 0.2) is 12.4 Å². The number of aliphatic hydroxyl groups excluding tert-OH is 1. The minimum absolute atomic E-state index is 0.0438.